The summed E-state index contributed by atoms with van der Waals surface area (Å²) in [7, 11) is 0. The van der Waals surface area contributed by atoms with Crippen molar-refractivity contribution < 1.29 is 0 Å². The average molecular weight is 259 g/mol. The first kappa shape index (κ1) is 8.38. The number of hydrogen-bond donors (Lipinski definition) is 0. The summed E-state index contributed by atoms with van der Waals surface area (Å²) in [4.78, 5) is 6.94. The number of rotatable bonds is 2. The Kier molecular flexibility index (Phi) is 1.96. The highest BCUT2D eigenvalue weighted by Gasteiger charge is 2.44. The van der Waals surface area contributed by atoms with Gasteiger partial charge in [0.25, 0.3) is 0 Å². The predicted octanol–water partition coefficient (Wildman–Crippen LogP) is 2.36. The van der Waals surface area contributed by atoms with Crippen LogP contribution in [0.15, 0.2) is 9.98 Å². The van der Waals surface area contributed by atoms with Crippen molar-refractivity contribution in [3.63, 3.8) is 0 Å². The summed E-state index contributed by atoms with van der Waals surface area (Å²) in [5.41, 5.74) is 0. The molecular formula is C9H11BrN2S. The molecule has 1 aromatic heterocycles. The number of hydrogen-bond acceptors (Lipinski definition) is 3. The van der Waals surface area contributed by atoms with Crippen molar-refractivity contribution >= 4 is 27.3 Å². The van der Waals surface area contributed by atoms with Crippen LogP contribution in [0.1, 0.15) is 11.4 Å². The fourth-order valence-corrected chi connectivity index (χ4v) is 3.48. The first-order valence-electron chi connectivity index (χ1n) is 4.63. The van der Waals surface area contributed by atoms with Gasteiger partial charge in [-0.1, -0.05) is 0 Å². The second-order valence-corrected chi connectivity index (χ2v) is 5.77. The zero-order valence-corrected chi connectivity index (χ0v) is 9.64. The first-order chi connectivity index (χ1) is 6.31. The highest BCUT2D eigenvalue weighted by molar-refractivity contribution is 9.10. The molecule has 0 unspecified atom stereocenters. The van der Waals surface area contributed by atoms with Gasteiger partial charge in [-0.15, -0.1) is 11.3 Å². The lowest BCUT2D eigenvalue weighted by Crippen LogP contribution is -2.21. The van der Waals surface area contributed by atoms with Crippen LogP contribution in [0.3, 0.4) is 0 Å². The Hall–Kier alpha value is 0.0700. The Balaban J connectivity index is 1.63. The second kappa shape index (κ2) is 3.04. The molecule has 1 aliphatic heterocycles. The van der Waals surface area contributed by atoms with Crippen molar-refractivity contribution in [1.29, 1.82) is 0 Å². The van der Waals surface area contributed by atoms with Crippen LogP contribution in [0, 0.1) is 11.8 Å². The molecule has 0 bridgehead atoms. The average Bonchev–Trinajstić information content (AvgIpc) is 2.55. The Morgan fingerprint density at radius 2 is 2.31 bits per heavy atom. The van der Waals surface area contributed by atoms with Gasteiger partial charge in [0, 0.05) is 18.5 Å². The summed E-state index contributed by atoms with van der Waals surface area (Å²) in [6.07, 6.45) is 1.48. The van der Waals surface area contributed by atoms with Gasteiger partial charge in [0.05, 0.1) is 6.54 Å². The maximum atomic E-state index is 4.41. The van der Waals surface area contributed by atoms with E-state index in [1.165, 1.54) is 24.5 Å². The number of thiazole rings is 1. The van der Waals surface area contributed by atoms with Gasteiger partial charge in [0.15, 0.2) is 0 Å². The minimum atomic E-state index is 0.983. The minimum Gasteiger partial charge on any atom is -0.296 e. The predicted molar refractivity (Wildman–Crippen MR) is 56.7 cm³/mol. The van der Waals surface area contributed by atoms with E-state index in [4.69, 9.17) is 0 Å². The monoisotopic (exact) mass is 258 g/mol. The first-order valence-corrected chi connectivity index (χ1v) is 6.31. The zero-order valence-electron chi connectivity index (χ0n) is 7.24. The van der Waals surface area contributed by atoms with Crippen LogP contribution in [-0.4, -0.2) is 23.0 Å². The molecule has 0 spiro atoms. The quantitative estimate of drug-likeness (QED) is 0.810. The second-order valence-electron chi connectivity index (χ2n) is 4.01. The van der Waals surface area contributed by atoms with Gasteiger partial charge in [-0.05, 0) is 34.2 Å². The summed E-state index contributed by atoms with van der Waals surface area (Å²) in [6.45, 7) is 3.67. The molecule has 2 heterocycles. The van der Waals surface area contributed by atoms with Crippen molar-refractivity contribution in [1.82, 2.24) is 9.88 Å². The molecule has 0 N–H and O–H groups in total. The van der Waals surface area contributed by atoms with Crippen molar-refractivity contribution in [3.8, 4) is 0 Å². The molecule has 2 fully saturated rings. The SMILES string of the molecule is Brc1csc(CN2C[C@@H]3C[C@H]3C2)n1. The van der Waals surface area contributed by atoms with Crippen molar-refractivity contribution in [2.75, 3.05) is 13.1 Å². The third-order valence-electron chi connectivity index (χ3n) is 2.94. The van der Waals surface area contributed by atoms with E-state index >= 15 is 0 Å². The number of aromatic nitrogens is 1. The Labute approximate surface area is 90.1 Å². The van der Waals surface area contributed by atoms with Gasteiger partial charge < -0.3 is 0 Å². The molecule has 1 saturated carbocycles. The van der Waals surface area contributed by atoms with Gasteiger partial charge in [-0.3, -0.25) is 4.90 Å². The van der Waals surface area contributed by atoms with E-state index in [1.54, 1.807) is 11.3 Å². The van der Waals surface area contributed by atoms with E-state index in [0.717, 1.165) is 23.0 Å². The molecule has 2 aliphatic rings. The van der Waals surface area contributed by atoms with Gasteiger partial charge in [0.1, 0.15) is 9.61 Å². The normalized spacial score (nSPS) is 32.1. The van der Waals surface area contributed by atoms with E-state index in [2.05, 4.69) is 31.2 Å². The van der Waals surface area contributed by atoms with Crippen LogP contribution in [0.2, 0.25) is 0 Å². The van der Waals surface area contributed by atoms with Crippen LogP contribution < -0.4 is 0 Å². The van der Waals surface area contributed by atoms with E-state index in [0.29, 0.717) is 0 Å². The van der Waals surface area contributed by atoms with E-state index in [1.807, 2.05) is 0 Å². The van der Waals surface area contributed by atoms with Crippen molar-refractivity contribution in [2.24, 2.45) is 11.8 Å². The molecule has 1 aliphatic carbocycles. The highest BCUT2D eigenvalue weighted by Crippen LogP contribution is 2.45. The molecule has 3 rings (SSSR count). The molecular weight excluding hydrogens is 248 g/mol. The van der Waals surface area contributed by atoms with Gasteiger partial charge >= 0.3 is 0 Å². The van der Waals surface area contributed by atoms with Crippen LogP contribution in [0.4, 0.5) is 0 Å². The molecule has 2 atom stereocenters. The standard InChI is InChI=1S/C9H11BrN2S/c10-8-5-13-9(11-8)4-12-2-6-1-7(6)3-12/h5-7H,1-4H2/t6-,7-/m0/s1. The Bertz CT molecular complexity index is 315. The summed E-state index contributed by atoms with van der Waals surface area (Å²) in [6, 6.07) is 0. The number of nitrogens with zero attached hydrogens (tertiary/aromatic N) is 2. The van der Waals surface area contributed by atoms with Gasteiger partial charge in [-0.2, -0.15) is 0 Å². The number of likely N-dealkylation sites (tertiary alicyclic amines) is 1. The van der Waals surface area contributed by atoms with Crippen LogP contribution in [-0.2, 0) is 6.54 Å². The molecule has 0 radical (unpaired) electrons. The topological polar surface area (TPSA) is 16.1 Å². The van der Waals surface area contributed by atoms with Gasteiger partial charge in [0.2, 0.25) is 0 Å². The van der Waals surface area contributed by atoms with Crippen molar-refractivity contribution in [2.45, 2.75) is 13.0 Å². The lowest BCUT2D eigenvalue weighted by Gasteiger charge is -2.14. The summed E-state index contributed by atoms with van der Waals surface area (Å²) in [5.74, 6) is 2.06. The van der Waals surface area contributed by atoms with Crippen LogP contribution >= 0.6 is 27.3 Å². The minimum absolute atomic E-state index is 0.983. The molecule has 0 amide bonds. The maximum absolute atomic E-state index is 4.41. The summed E-state index contributed by atoms with van der Waals surface area (Å²) >= 11 is 5.14. The van der Waals surface area contributed by atoms with Gasteiger partial charge in [-0.25, -0.2) is 4.98 Å². The molecule has 13 heavy (non-hydrogen) atoms. The third kappa shape index (κ3) is 1.67. The summed E-state index contributed by atoms with van der Waals surface area (Å²) in [5, 5.41) is 3.31. The smallest absolute Gasteiger partial charge is 0.117 e. The molecule has 1 aromatic rings. The van der Waals surface area contributed by atoms with E-state index < -0.39 is 0 Å². The fraction of sp³-hybridized carbons (Fsp3) is 0.667. The van der Waals surface area contributed by atoms with Crippen LogP contribution in [0.5, 0.6) is 0 Å². The summed E-state index contributed by atoms with van der Waals surface area (Å²) < 4.78 is 0.983. The maximum Gasteiger partial charge on any atom is 0.117 e. The molecule has 0 aromatic carbocycles. The molecule has 2 nitrogen and oxygen atoms in total. The zero-order chi connectivity index (χ0) is 8.84. The molecule has 1 saturated heterocycles. The lowest BCUT2D eigenvalue weighted by atomic mass is 10.4. The molecule has 4 heteroatoms. The Morgan fingerprint density at radius 3 is 2.92 bits per heavy atom. The van der Waals surface area contributed by atoms with E-state index in [-0.39, 0.29) is 0 Å². The Morgan fingerprint density at radius 1 is 1.54 bits per heavy atom. The number of fused-ring (bicyclic) bond motifs is 1. The third-order valence-corrected chi connectivity index (χ3v) is 4.48. The lowest BCUT2D eigenvalue weighted by molar-refractivity contribution is 0.296. The van der Waals surface area contributed by atoms with Crippen molar-refractivity contribution in [3.05, 3.63) is 15.0 Å². The van der Waals surface area contributed by atoms with Crippen LogP contribution in [0.25, 0.3) is 0 Å². The fourth-order valence-electron chi connectivity index (χ4n) is 2.18. The molecule has 70 valence electrons. The number of halogens is 1. The highest BCUT2D eigenvalue weighted by atomic mass is 79.9. The van der Waals surface area contributed by atoms with E-state index in [9.17, 15) is 0 Å². The number of piperidine rings is 1. The largest absolute Gasteiger partial charge is 0.296 e.